The van der Waals surface area contributed by atoms with Gasteiger partial charge < -0.3 is 10.6 Å². The molecule has 0 aromatic carbocycles. The molecule has 11 heavy (non-hydrogen) atoms. The average Bonchev–Trinajstić information content (AvgIpc) is 2.32. The normalized spacial score (nSPS) is 30.3. The first kappa shape index (κ1) is 6.85. The van der Waals surface area contributed by atoms with Gasteiger partial charge in [-0.3, -0.25) is 4.79 Å². The molecular weight excluding hydrogens is 140 g/mol. The van der Waals surface area contributed by atoms with E-state index in [4.69, 9.17) is 5.73 Å². The predicted octanol–water partition coefficient (Wildman–Crippen LogP) is 0.224. The van der Waals surface area contributed by atoms with E-state index in [2.05, 4.69) is 0 Å². The summed E-state index contributed by atoms with van der Waals surface area (Å²) in [5, 5.41) is 0. The third kappa shape index (κ3) is 1.05. The maximum Gasteiger partial charge on any atom is 0.227 e. The molecule has 60 valence electrons. The molecule has 0 aromatic heterocycles. The van der Waals surface area contributed by atoms with Crippen LogP contribution in [0.1, 0.15) is 19.3 Å². The third-order valence-electron chi connectivity index (χ3n) is 2.34. The van der Waals surface area contributed by atoms with E-state index in [0.29, 0.717) is 6.42 Å². The Balaban J connectivity index is 2.24. The Morgan fingerprint density at radius 1 is 1.55 bits per heavy atom. The number of carbonyl (C=O) groups is 1. The molecule has 2 heterocycles. The fraction of sp³-hybridized carbons (Fsp3) is 0.625. The van der Waals surface area contributed by atoms with Crippen molar-refractivity contribution in [3.05, 3.63) is 11.8 Å². The van der Waals surface area contributed by atoms with Gasteiger partial charge in [-0.05, 0) is 18.9 Å². The van der Waals surface area contributed by atoms with Crippen molar-refractivity contribution in [1.29, 1.82) is 0 Å². The minimum atomic E-state index is 0.173. The molecule has 1 atom stereocenters. The largest absolute Gasteiger partial charge is 0.324 e. The van der Waals surface area contributed by atoms with E-state index < -0.39 is 0 Å². The molecular formula is C8H12N2O. The van der Waals surface area contributed by atoms with Gasteiger partial charge in [-0.25, -0.2) is 0 Å². The highest BCUT2D eigenvalue weighted by Gasteiger charge is 2.28. The van der Waals surface area contributed by atoms with Crippen LogP contribution in [0.2, 0.25) is 0 Å². The lowest BCUT2D eigenvalue weighted by Crippen LogP contribution is -2.34. The summed E-state index contributed by atoms with van der Waals surface area (Å²) in [5.41, 5.74) is 6.87. The summed E-state index contributed by atoms with van der Waals surface area (Å²) in [6, 6.07) is 0.173. The Hall–Kier alpha value is -0.830. The highest BCUT2D eigenvalue weighted by atomic mass is 16.2. The van der Waals surface area contributed by atoms with Crippen molar-refractivity contribution < 1.29 is 4.79 Å². The van der Waals surface area contributed by atoms with Gasteiger partial charge >= 0.3 is 0 Å². The van der Waals surface area contributed by atoms with Crippen molar-refractivity contribution in [3.63, 3.8) is 0 Å². The van der Waals surface area contributed by atoms with Gasteiger partial charge in [0.2, 0.25) is 5.91 Å². The number of carbonyl (C=O) groups excluding carboxylic acids is 1. The molecule has 1 saturated heterocycles. The molecule has 0 spiro atoms. The molecule has 2 aliphatic heterocycles. The maximum absolute atomic E-state index is 11.2. The first-order valence-corrected chi connectivity index (χ1v) is 4.04. The van der Waals surface area contributed by atoms with Crippen LogP contribution in [0.4, 0.5) is 0 Å². The summed E-state index contributed by atoms with van der Waals surface area (Å²) >= 11 is 0. The number of hydrogen-bond acceptors (Lipinski definition) is 2. The number of nitrogens with two attached hydrogens (primary N) is 1. The van der Waals surface area contributed by atoms with Crippen LogP contribution >= 0.6 is 0 Å². The van der Waals surface area contributed by atoms with Crippen molar-refractivity contribution in [2.75, 3.05) is 6.54 Å². The lowest BCUT2D eigenvalue weighted by atomic mass is 10.1. The number of hydrogen-bond donors (Lipinski definition) is 1. The van der Waals surface area contributed by atoms with Crippen LogP contribution in [0.3, 0.4) is 0 Å². The zero-order chi connectivity index (χ0) is 7.84. The molecule has 2 rings (SSSR count). The fourth-order valence-electron chi connectivity index (χ4n) is 1.72. The van der Waals surface area contributed by atoms with Crippen LogP contribution in [0.15, 0.2) is 11.8 Å². The summed E-state index contributed by atoms with van der Waals surface area (Å²) in [6.45, 7) is 0.825. The first-order chi connectivity index (χ1) is 5.27. The van der Waals surface area contributed by atoms with E-state index in [1.54, 1.807) is 0 Å². The zero-order valence-electron chi connectivity index (χ0n) is 6.42. The Morgan fingerprint density at radius 3 is 3.18 bits per heavy atom. The number of amides is 1. The van der Waals surface area contributed by atoms with Gasteiger partial charge in [0.05, 0.1) is 0 Å². The number of allylic oxidation sites excluding steroid dienone is 1. The summed E-state index contributed by atoms with van der Waals surface area (Å²) in [7, 11) is 0. The maximum atomic E-state index is 11.2. The van der Waals surface area contributed by atoms with E-state index in [9.17, 15) is 4.79 Å². The van der Waals surface area contributed by atoms with Crippen molar-refractivity contribution in [2.24, 2.45) is 5.73 Å². The second kappa shape index (κ2) is 2.34. The fourth-order valence-corrected chi connectivity index (χ4v) is 1.72. The highest BCUT2D eigenvalue weighted by Crippen LogP contribution is 2.26. The average molecular weight is 152 g/mol. The molecule has 1 amide bonds. The molecule has 3 nitrogen and oxygen atoms in total. The molecule has 2 N–H and O–H groups in total. The van der Waals surface area contributed by atoms with Crippen LogP contribution in [0, 0.1) is 0 Å². The van der Waals surface area contributed by atoms with Crippen LogP contribution in [-0.4, -0.2) is 23.4 Å². The van der Waals surface area contributed by atoms with Gasteiger partial charge in [-0.2, -0.15) is 0 Å². The van der Waals surface area contributed by atoms with E-state index in [0.717, 1.165) is 25.1 Å². The van der Waals surface area contributed by atoms with Crippen molar-refractivity contribution in [2.45, 2.75) is 25.3 Å². The van der Waals surface area contributed by atoms with Gasteiger partial charge in [0.25, 0.3) is 0 Å². The van der Waals surface area contributed by atoms with E-state index in [1.165, 1.54) is 0 Å². The monoisotopic (exact) mass is 152 g/mol. The summed E-state index contributed by atoms with van der Waals surface area (Å²) < 4.78 is 0. The second-order valence-electron chi connectivity index (χ2n) is 3.16. The number of rotatable bonds is 0. The lowest BCUT2D eigenvalue weighted by molar-refractivity contribution is -0.126. The van der Waals surface area contributed by atoms with Crippen LogP contribution in [-0.2, 0) is 4.79 Å². The SMILES string of the molecule is NC1C=C2CCC(=O)N2CC1. The Kier molecular flexibility index (Phi) is 1.46. The summed E-state index contributed by atoms with van der Waals surface area (Å²) in [5.74, 6) is 0.267. The summed E-state index contributed by atoms with van der Waals surface area (Å²) in [4.78, 5) is 13.0. The molecule has 0 bridgehead atoms. The summed E-state index contributed by atoms with van der Waals surface area (Å²) in [6.07, 6.45) is 4.51. The van der Waals surface area contributed by atoms with Crippen molar-refractivity contribution in [1.82, 2.24) is 4.90 Å². The van der Waals surface area contributed by atoms with E-state index in [1.807, 2.05) is 11.0 Å². The third-order valence-corrected chi connectivity index (χ3v) is 2.34. The predicted molar refractivity (Wildman–Crippen MR) is 41.6 cm³/mol. The van der Waals surface area contributed by atoms with Gasteiger partial charge in [0.1, 0.15) is 0 Å². The Bertz CT molecular complexity index is 222. The van der Waals surface area contributed by atoms with Crippen molar-refractivity contribution >= 4 is 5.91 Å². The standard InChI is InChI=1S/C8H12N2O/c9-6-3-4-10-7(5-6)1-2-8(10)11/h5-6H,1-4,9H2. The lowest BCUT2D eigenvalue weighted by Gasteiger charge is -2.25. The van der Waals surface area contributed by atoms with Crippen molar-refractivity contribution in [3.8, 4) is 0 Å². The van der Waals surface area contributed by atoms with Gasteiger partial charge in [-0.15, -0.1) is 0 Å². The molecule has 0 saturated carbocycles. The molecule has 0 aliphatic carbocycles. The molecule has 1 fully saturated rings. The van der Waals surface area contributed by atoms with Gasteiger partial charge in [-0.1, -0.05) is 0 Å². The number of nitrogens with zero attached hydrogens (tertiary/aromatic N) is 1. The van der Waals surface area contributed by atoms with Gasteiger partial charge in [0.15, 0.2) is 0 Å². The van der Waals surface area contributed by atoms with Gasteiger partial charge in [0, 0.05) is 24.7 Å². The second-order valence-corrected chi connectivity index (χ2v) is 3.16. The molecule has 2 aliphatic rings. The Morgan fingerprint density at radius 2 is 2.36 bits per heavy atom. The highest BCUT2D eigenvalue weighted by molar-refractivity contribution is 5.81. The Labute approximate surface area is 65.9 Å². The smallest absolute Gasteiger partial charge is 0.227 e. The van der Waals surface area contributed by atoms with Crippen LogP contribution < -0.4 is 5.73 Å². The molecule has 3 heteroatoms. The topological polar surface area (TPSA) is 46.3 Å². The first-order valence-electron chi connectivity index (χ1n) is 4.04. The molecule has 0 aromatic rings. The molecule has 1 unspecified atom stereocenters. The minimum absolute atomic E-state index is 0.173. The van der Waals surface area contributed by atoms with Crippen LogP contribution in [0.5, 0.6) is 0 Å². The molecule has 0 radical (unpaired) electrons. The zero-order valence-corrected chi connectivity index (χ0v) is 6.42. The quantitative estimate of drug-likeness (QED) is 0.540. The van der Waals surface area contributed by atoms with Crippen LogP contribution in [0.25, 0.3) is 0 Å². The van der Waals surface area contributed by atoms with E-state index >= 15 is 0 Å². The van der Waals surface area contributed by atoms with E-state index in [-0.39, 0.29) is 11.9 Å². The minimum Gasteiger partial charge on any atom is -0.324 e. The number of fused-ring (bicyclic) bond motifs is 1.